The summed E-state index contributed by atoms with van der Waals surface area (Å²) in [5, 5.41) is 12.4. The summed E-state index contributed by atoms with van der Waals surface area (Å²) in [5.41, 5.74) is 7.70. The number of nitrogen functional groups attached to an aromatic ring is 1. The third-order valence-corrected chi connectivity index (χ3v) is 7.53. The van der Waals surface area contributed by atoms with Crippen LogP contribution in [0, 0.1) is 11.3 Å². The van der Waals surface area contributed by atoms with Gasteiger partial charge in [0.05, 0.1) is 17.3 Å². The number of fused-ring (bicyclic) bond motifs is 2. The Morgan fingerprint density at radius 1 is 1.12 bits per heavy atom. The van der Waals surface area contributed by atoms with Gasteiger partial charge < -0.3 is 16.0 Å². The van der Waals surface area contributed by atoms with E-state index in [2.05, 4.69) is 34.0 Å². The van der Waals surface area contributed by atoms with E-state index >= 15 is 0 Å². The summed E-state index contributed by atoms with van der Waals surface area (Å²) in [4.78, 5) is 25.0. The van der Waals surface area contributed by atoms with Crippen LogP contribution in [0.15, 0.2) is 83.4 Å². The molecule has 4 N–H and O–H groups in total. The number of hydrogen-bond acceptors (Lipinski definition) is 7. The lowest BCUT2D eigenvalue weighted by Gasteiger charge is -2.33. The van der Waals surface area contributed by atoms with Crippen LogP contribution in [-0.4, -0.2) is 45.1 Å². The van der Waals surface area contributed by atoms with E-state index in [0.717, 1.165) is 34.7 Å². The summed E-state index contributed by atoms with van der Waals surface area (Å²) < 4.78 is 0. The van der Waals surface area contributed by atoms with Crippen molar-refractivity contribution in [1.82, 2.24) is 14.9 Å². The van der Waals surface area contributed by atoms with E-state index in [1.807, 2.05) is 47.4 Å². The number of hydrogen-bond donors (Lipinski definition) is 3. The topological polar surface area (TPSA) is 108 Å². The molecule has 7 nitrogen and oxygen atoms in total. The van der Waals surface area contributed by atoms with Crippen molar-refractivity contribution in [1.29, 1.82) is 5.41 Å². The first-order valence-electron chi connectivity index (χ1n) is 11.3. The Bertz CT molecular complexity index is 1230. The summed E-state index contributed by atoms with van der Waals surface area (Å²) in [6.07, 6.45) is 4.70. The lowest BCUT2D eigenvalue weighted by molar-refractivity contribution is -0.127. The molecule has 8 heteroatoms. The van der Waals surface area contributed by atoms with E-state index in [-0.39, 0.29) is 29.5 Å². The van der Waals surface area contributed by atoms with E-state index in [4.69, 9.17) is 11.1 Å². The van der Waals surface area contributed by atoms with E-state index in [9.17, 15) is 4.79 Å². The molecule has 0 spiro atoms. The molecule has 1 aliphatic heterocycles. The van der Waals surface area contributed by atoms with Gasteiger partial charge in [-0.3, -0.25) is 10.2 Å². The molecular weight excluding hydrogens is 444 g/mol. The molecule has 1 aliphatic carbocycles. The second-order valence-corrected chi connectivity index (χ2v) is 9.79. The predicted octanol–water partition coefficient (Wildman–Crippen LogP) is 4.21. The molecule has 5 rings (SSSR count). The van der Waals surface area contributed by atoms with Crippen molar-refractivity contribution in [2.24, 2.45) is 5.92 Å². The summed E-state index contributed by atoms with van der Waals surface area (Å²) in [7, 11) is 0. The van der Waals surface area contributed by atoms with Gasteiger partial charge in [0, 0.05) is 27.9 Å². The van der Waals surface area contributed by atoms with Crippen molar-refractivity contribution in [2.45, 2.75) is 34.7 Å². The zero-order valence-corrected chi connectivity index (χ0v) is 19.5. The third kappa shape index (κ3) is 4.28. The quantitative estimate of drug-likeness (QED) is 0.353. The monoisotopic (exact) mass is 470 g/mol. The molecule has 2 fully saturated rings. The van der Waals surface area contributed by atoms with Gasteiger partial charge in [0.2, 0.25) is 5.91 Å². The third-order valence-electron chi connectivity index (χ3n) is 6.51. The van der Waals surface area contributed by atoms with Gasteiger partial charge in [-0.2, -0.15) is 0 Å². The molecule has 1 saturated heterocycles. The Morgan fingerprint density at radius 2 is 1.85 bits per heavy atom. The van der Waals surface area contributed by atoms with Gasteiger partial charge in [0.25, 0.3) is 0 Å². The number of piperidine rings is 1. The maximum Gasteiger partial charge on any atom is 0.246 e. The lowest BCUT2D eigenvalue weighted by atomic mass is 10.0. The van der Waals surface area contributed by atoms with Crippen molar-refractivity contribution < 1.29 is 4.79 Å². The Kier molecular flexibility index (Phi) is 6.06. The number of nitrogens with one attached hydrogen (secondary N) is 2. The first-order chi connectivity index (χ1) is 16.5. The van der Waals surface area contributed by atoms with Gasteiger partial charge in [0.15, 0.2) is 0 Å². The van der Waals surface area contributed by atoms with E-state index in [0.29, 0.717) is 17.3 Å². The second-order valence-electron chi connectivity index (χ2n) is 8.65. The first-order valence-corrected chi connectivity index (χ1v) is 12.1. The van der Waals surface area contributed by atoms with Crippen LogP contribution < -0.4 is 11.1 Å². The molecule has 2 aliphatic rings. The smallest absolute Gasteiger partial charge is 0.246 e. The maximum atomic E-state index is 12.3. The van der Waals surface area contributed by atoms with E-state index in [1.54, 1.807) is 11.8 Å². The molecule has 2 bridgehead atoms. The standard InChI is InChI=1S/C26H26N6OS/c1-2-22(33)32-14-16-12-20(21(32)13-16)31-26-23(25(28)29-15-30-26)24(27)17-8-10-19(11-9-17)34-18-6-4-3-5-7-18/h2-11,15-16,20-21,27H,1,12-14H2,(H3,28,29,30,31). The highest BCUT2D eigenvalue weighted by molar-refractivity contribution is 7.99. The van der Waals surface area contributed by atoms with Crippen LogP contribution in [0.3, 0.4) is 0 Å². The molecule has 172 valence electrons. The van der Waals surface area contributed by atoms with E-state index < -0.39 is 0 Å². The molecule has 0 radical (unpaired) electrons. The highest BCUT2D eigenvalue weighted by Crippen LogP contribution is 2.40. The molecule has 3 unspecified atom stereocenters. The maximum absolute atomic E-state index is 12.3. The van der Waals surface area contributed by atoms with Gasteiger partial charge in [-0.25, -0.2) is 9.97 Å². The molecule has 1 saturated carbocycles. The summed E-state index contributed by atoms with van der Waals surface area (Å²) >= 11 is 1.67. The van der Waals surface area contributed by atoms with Crippen molar-refractivity contribution in [3.8, 4) is 0 Å². The zero-order valence-electron chi connectivity index (χ0n) is 18.6. The number of nitrogens with two attached hydrogens (primary N) is 1. The van der Waals surface area contributed by atoms with Crippen LogP contribution in [0.25, 0.3) is 0 Å². The molecule has 2 aromatic carbocycles. The van der Waals surface area contributed by atoms with Gasteiger partial charge in [-0.15, -0.1) is 0 Å². The SMILES string of the molecule is C=CC(=O)N1CC2CC(Nc3ncnc(N)c3C(=N)c3ccc(Sc4ccccc4)cc3)C1C2. The Balaban J connectivity index is 1.36. The summed E-state index contributed by atoms with van der Waals surface area (Å²) in [6, 6.07) is 18.2. The lowest BCUT2D eigenvalue weighted by Crippen LogP contribution is -2.47. The average molecular weight is 471 g/mol. The number of amides is 1. The Morgan fingerprint density at radius 3 is 2.56 bits per heavy atom. The Hall–Kier alpha value is -3.65. The largest absolute Gasteiger partial charge is 0.383 e. The van der Waals surface area contributed by atoms with Crippen molar-refractivity contribution in [2.75, 3.05) is 17.6 Å². The summed E-state index contributed by atoms with van der Waals surface area (Å²) in [5.74, 6) is 1.21. The minimum Gasteiger partial charge on any atom is -0.383 e. The number of likely N-dealkylation sites (tertiary alicyclic amines) is 1. The minimum atomic E-state index is -0.0392. The molecule has 1 aromatic heterocycles. The molecule has 1 amide bonds. The van der Waals surface area contributed by atoms with Crippen LogP contribution in [0.5, 0.6) is 0 Å². The van der Waals surface area contributed by atoms with Crippen molar-refractivity contribution >= 4 is 35.0 Å². The first kappa shape index (κ1) is 22.2. The number of carbonyl (C=O) groups is 1. The van der Waals surface area contributed by atoms with Gasteiger partial charge in [0.1, 0.15) is 18.0 Å². The number of anilines is 2. The molecule has 2 heterocycles. The number of rotatable bonds is 7. The van der Waals surface area contributed by atoms with Crippen LogP contribution in [-0.2, 0) is 4.79 Å². The van der Waals surface area contributed by atoms with Crippen LogP contribution in [0.2, 0.25) is 0 Å². The highest BCUT2D eigenvalue weighted by atomic mass is 32.2. The fourth-order valence-corrected chi connectivity index (χ4v) is 5.78. The fraction of sp³-hybridized carbons (Fsp3) is 0.231. The molecular formula is C26H26N6OS. The normalized spacial score (nSPS) is 20.8. The second kappa shape index (κ2) is 9.30. The van der Waals surface area contributed by atoms with Gasteiger partial charge >= 0.3 is 0 Å². The number of aromatic nitrogens is 2. The molecule has 3 aromatic rings. The van der Waals surface area contributed by atoms with Crippen LogP contribution in [0.1, 0.15) is 24.0 Å². The zero-order chi connectivity index (χ0) is 23.7. The fourth-order valence-electron chi connectivity index (χ4n) is 4.94. The van der Waals surface area contributed by atoms with Crippen LogP contribution >= 0.6 is 11.8 Å². The van der Waals surface area contributed by atoms with Crippen molar-refractivity contribution in [3.63, 3.8) is 0 Å². The number of carbonyl (C=O) groups excluding carboxylic acids is 1. The van der Waals surface area contributed by atoms with E-state index in [1.165, 1.54) is 12.4 Å². The highest BCUT2D eigenvalue weighted by Gasteiger charge is 2.46. The summed E-state index contributed by atoms with van der Waals surface area (Å²) in [6.45, 7) is 4.40. The van der Waals surface area contributed by atoms with Crippen molar-refractivity contribution in [3.05, 3.63) is 84.7 Å². The Labute approximate surface area is 203 Å². The number of nitrogens with zero attached hydrogens (tertiary/aromatic N) is 3. The average Bonchev–Trinajstić information content (AvgIpc) is 3.45. The number of benzene rings is 2. The minimum absolute atomic E-state index is 0.0392. The van der Waals surface area contributed by atoms with Gasteiger partial charge in [-0.05, 0) is 49.1 Å². The molecule has 3 atom stereocenters. The predicted molar refractivity (Wildman–Crippen MR) is 135 cm³/mol. The van der Waals surface area contributed by atoms with Gasteiger partial charge in [-0.1, -0.05) is 48.7 Å². The molecule has 34 heavy (non-hydrogen) atoms. The van der Waals surface area contributed by atoms with Crippen LogP contribution in [0.4, 0.5) is 11.6 Å².